The van der Waals surface area contributed by atoms with E-state index < -0.39 is 104 Å². The number of hydrogen-bond acceptors (Lipinski definition) is 13. The molecular weight excluding hydrogens is 845 g/mol. The second-order valence-electron chi connectivity index (χ2n) is 17.5. The largest absolute Gasteiger partial charge is 0.481 e. The molecule has 65 heavy (non-hydrogen) atoms. The highest BCUT2D eigenvalue weighted by Crippen LogP contribution is 2.25. The Hall–Kier alpha value is -3.87. The van der Waals surface area contributed by atoms with Crippen LogP contribution in [0.4, 0.5) is 0 Å². The summed E-state index contributed by atoms with van der Waals surface area (Å²) in [4.78, 5) is 87.1. The van der Waals surface area contributed by atoms with Crippen molar-refractivity contribution in [1.82, 2.24) is 15.9 Å². The number of aliphatic hydroxyl groups is 2. The van der Waals surface area contributed by atoms with Crippen molar-refractivity contribution in [3.8, 4) is 0 Å². The second-order valence-corrected chi connectivity index (χ2v) is 17.5. The Labute approximate surface area is 388 Å². The number of carboxylic acid groups (broad SMARTS) is 1. The van der Waals surface area contributed by atoms with Gasteiger partial charge in [0.05, 0.1) is 6.42 Å². The zero-order valence-corrected chi connectivity index (χ0v) is 39.9. The van der Waals surface area contributed by atoms with Gasteiger partial charge in [0.2, 0.25) is 23.6 Å². The Balaban J connectivity index is 2.87. The maximum Gasteiger partial charge on any atom is 0.309 e. The summed E-state index contributed by atoms with van der Waals surface area (Å²) in [5.41, 5.74) is 5.28. The number of hydrogen-bond donors (Lipinski definition) is 7. The van der Waals surface area contributed by atoms with Gasteiger partial charge in [-0.3, -0.25) is 33.6 Å². The highest BCUT2D eigenvalue weighted by molar-refractivity contribution is 5.92. The van der Waals surface area contributed by atoms with Gasteiger partial charge in [0.1, 0.15) is 55.3 Å². The van der Waals surface area contributed by atoms with Gasteiger partial charge in [-0.2, -0.15) is 0 Å². The second kappa shape index (κ2) is 35.3. The summed E-state index contributed by atoms with van der Waals surface area (Å²) in [5, 5.41) is 36.1. The van der Waals surface area contributed by atoms with Crippen LogP contribution < -0.4 is 21.7 Å². The Morgan fingerprint density at radius 1 is 0.723 bits per heavy atom. The zero-order chi connectivity index (χ0) is 49.4. The lowest BCUT2D eigenvalue weighted by Gasteiger charge is -2.43. The predicted octanol–water partition coefficient (Wildman–Crippen LogP) is 5.15. The number of aliphatic carboxylic acids is 1. The lowest BCUT2D eigenvalue weighted by Crippen LogP contribution is -2.66. The lowest BCUT2D eigenvalue weighted by molar-refractivity contribution is -0.267. The van der Waals surface area contributed by atoms with Crippen LogP contribution in [-0.4, -0.2) is 118 Å². The molecule has 0 spiro atoms. The van der Waals surface area contributed by atoms with Crippen LogP contribution in [0.25, 0.3) is 0 Å². The standard InChI is InChI=1S/C47H84N4O14/c1-6-8-10-12-14-15-16-17-18-19-21-23-25-27-39(55)64-35(26-24-22-20-13-11-9-7-2)30-40(56)62-31-37-42(57)43(41(47(61)65-37)50-34(5)52)63-33(4)46(60)49-32(3)45(59)51-36(44(48)58)28-29-38(53)54/h32-33,35-37,41-43,47,57,61H,6-31H2,1-5H3,(H2,48,58)(H,49,60)(H,50,52)(H,51,59)(H,53,54)/t32-,33+,35+,36-,37+,41+,42+,43+,47?/m0/s1/i/hD. The Morgan fingerprint density at radius 2 is 1.25 bits per heavy atom. The van der Waals surface area contributed by atoms with Crippen LogP contribution in [0.15, 0.2) is 0 Å². The first kappa shape index (κ1) is 57.3. The minimum atomic E-state index is -1.82. The van der Waals surface area contributed by atoms with Gasteiger partial charge < -0.3 is 55.9 Å². The first-order valence-corrected chi connectivity index (χ1v) is 24.4. The summed E-state index contributed by atoms with van der Waals surface area (Å²) >= 11 is 0. The molecule has 0 aliphatic carbocycles. The van der Waals surface area contributed by atoms with E-state index in [1.165, 1.54) is 78.1 Å². The fourth-order valence-electron chi connectivity index (χ4n) is 7.60. The van der Waals surface area contributed by atoms with Crippen LogP contribution in [0, 0.1) is 0 Å². The van der Waals surface area contributed by atoms with E-state index in [2.05, 4.69) is 24.5 Å². The van der Waals surface area contributed by atoms with Gasteiger partial charge in [0, 0.05) is 19.8 Å². The van der Waals surface area contributed by atoms with Crippen molar-refractivity contribution in [3.63, 3.8) is 0 Å². The average Bonchev–Trinajstić information content (AvgIpc) is 3.26. The van der Waals surface area contributed by atoms with Crippen molar-refractivity contribution in [2.75, 3.05) is 6.61 Å². The molecule has 1 rings (SSSR count). The number of carbonyl (C=O) groups excluding carboxylic acids is 6. The van der Waals surface area contributed by atoms with Gasteiger partial charge in [-0.1, -0.05) is 129 Å². The normalized spacial score (nSPS) is 20.4. The minimum absolute atomic E-state index is 0.243. The molecule has 376 valence electrons. The number of esters is 2. The fourth-order valence-corrected chi connectivity index (χ4v) is 7.60. The summed E-state index contributed by atoms with van der Waals surface area (Å²) < 4.78 is 30.9. The molecule has 1 aliphatic heterocycles. The number of carboxylic acids is 1. The zero-order valence-electron chi connectivity index (χ0n) is 40.9. The SMILES string of the molecule is [2H]N(C(=O)[C@@H](C)O[C@H]1[C@H](O)[C@@H](COC(=O)C[C@@H](CCCCCCCCC)OC(=O)CCCCCCCCCCCCCCC)OC(O)[C@@H]1NC(C)=O)[C@@H](C)C(=O)N[C@@H](CCC(=O)O)C(N)=O. The molecule has 0 saturated carbocycles. The predicted molar refractivity (Wildman–Crippen MR) is 243 cm³/mol. The lowest BCUT2D eigenvalue weighted by atomic mass is 9.96. The molecule has 18 heteroatoms. The van der Waals surface area contributed by atoms with Crippen LogP contribution >= 0.6 is 0 Å². The number of rotatable bonds is 38. The van der Waals surface area contributed by atoms with E-state index in [0.717, 1.165) is 64.7 Å². The molecule has 9 atom stereocenters. The highest BCUT2D eigenvalue weighted by Gasteiger charge is 2.47. The molecule has 1 unspecified atom stereocenters. The molecule has 0 aromatic heterocycles. The summed E-state index contributed by atoms with van der Waals surface area (Å²) in [7, 11) is 0. The van der Waals surface area contributed by atoms with E-state index in [4.69, 9.17) is 31.2 Å². The summed E-state index contributed by atoms with van der Waals surface area (Å²) in [5.74, 6) is -6.13. The van der Waals surface area contributed by atoms with Gasteiger partial charge in [-0.25, -0.2) is 0 Å². The van der Waals surface area contributed by atoms with Crippen molar-refractivity contribution < 1.29 is 69.2 Å². The Kier molecular flexibility index (Phi) is 31.1. The molecule has 1 saturated heterocycles. The van der Waals surface area contributed by atoms with Crippen LogP contribution in [0.2, 0.25) is 1.41 Å². The third-order valence-corrected chi connectivity index (χ3v) is 11.5. The van der Waals surface area contributed by atoms with Crippen LogP contribution in [0.5, 0.6) is 0 Å². The molecule has 0 aromatic carbocycles. The van der Waals surface area contributed by atoms with Crippen LogP contribution in [0.1, 0.15) is 195 Å². The number of nitrogens with two attached hydrogens (primary N) is 1. The van der Waals surface area contributed by atoms with E-state index in [9.17, 15) is 43.8 Å². The third-order valence-electron chi connectivity index (χ3n) is 11.5. The number of unbranched alkanes of at least 4 members (excludes halogenated alkanes) is 18. The fraction of sp³-hybridized carbons (Fsp3) is 0.851. The minimum Gasteiger partial charge on any atom is -0.481 e. The topological polar surface area (TPSA) is 279 Å². The maximum atomic E-state index is 13.3. The number of amides is 4. The van der Waals surface area contributed by atoms with Gasteiger partial charge in [-0.05, 0) is 39.5 Å². The molecular formula is C47H84N4O14. The van der Waals surface area contributed by atoms with E-state index in [1.54, 1.807) is 0 Å². The summed E-state index contributed by atoms with van der Waals surface area (Å²) in [6, 6.07) is -4.36. The summed E-state index contributed by atoms with van der Waals surface area (Å²) in [6.45, 7) is 7.29. The molecule has 1 aliphatic rings. The number of carbonyl (C=O) groups is 7. The smallest absolute Gasteiger partial charge is 0.309 e. The Morgan fingerprint density at radius 3 is 1.75 bits per heavy atom. The van der Waals surface area contributed by atoms with E-state index in [1.807, 2.05) is 0 Å². The first-order valence-electron chi connectivity index (χ1n) is 24.8. The van der Waals surface area contributed by atoms with Crippen molar-refractivity contribution >= 4 is 41.5 Å². The van der Waals surface area contributed by atoms with Gasteiger partial charge in [0.25, 0.3) is 0 Å². The first-order chi connectivity index (χ1) is 31.4. The molecule has 0 aromatic rings. The maximum absolute atomic E-state index is 13.3. The Bertz CT molecular complexity index is 1440. The molecule has 8 N–H and O–H groups in total. The molecule has 0 bridgehead atoms. The quantitative estimate of drug-likeness (QED) is 0.0312. The number of aliphatic hydroxyl groups excluding tert-OH is 2. The van der Waals surface area contributed by atoms with Crippen LogP contribution in [0.3, 0.4) is 0 Å². The van der Waals surface area contributed by atoms with Crippen molar-refractivity contribution in [2.24, 2.45) is 5.73 Å². The number of nitrogens with one attached hydrogen (secondary N) is 3. The van der Waals surface area contributed by atoms with Crippen molar-refractivity contribution in [2.45, 2.75) is 250 Å². The van der Waals surface area contributed by atoms with Crippen LogP contribution in [-0.2, 0) is 52.5 Å². The molecule has 18 nitrogen and oxygen atoms in total. The van der Waals surface area contributed by atoms with Gasteiger partial charge in [-0.15, -0.1) is 0 Å². The van der Waals surface area contributed by atoms with E-state index in [-0.39, 0.29) is 30.5 Å². The summed E-state index contributed by atoms with van der Waals surface area (Å²) in [6.07, 6.45) is 13.4. The third kappa shape index (κ3) is 27.4. The highest BCUT2D eigenvalue weighted by atomic mass is 16.6. The van der Waals surface area contributed by atoms with Gasteiger partial charge in [0.15, 0.2) is 7.70 Å². The van der Waals surface area contributed by atoms with E-state index >= 15 is 0 Å². The van der Waals surface area contributed by atoms with E-state index in [0.29, 0.717) is 12.8 Å². The molecule has 4 amide bonds. The number of primary amides is 1. The average molecular weight is 930 g/mol. The number of ether oxygens (including phenoxy) is 4. The van der Waals surface area contributed by atoms with Crippen molar-refractivity contribution in [3.05, 3.63) is 0 Å². The molecule has 0 radical (unpaired) electrons. The molecule has 1 heterocycles. The monoisotopic (exact) mass is 930 g/mol. The van der Waals surface area contributed by atoms with Gasteiger partial charge >= 0.3 is 17.9 Å². The molecule has 1 fully saturated rings. The van der Waals surface area contributed by atoms with Crippen molar-refractivity contribution in [1.29, 1.82) is 0 Å².